The molecule has 2 heteroatoms. The average Bonchev–Trinajstić information content (AvgIpc) is 2.32. The number of nitrogens with two attached hydrogens (primary N) is 1. The van der Waals surface area contributed by atoms with E-state index in [2.05, 4.69) is 46.4 Å². The highest BCUT2D eigenvalue weighted by Gasteiger charge is 2.23. The van der Waals surface area contributed by atoms with Crippen LogP contribution in [0, 0.1) is 11.8 Å². The fourth-order valence-corrected chi connectivity index (χ4v) is 2.07. The molecule has 0 aliphatic heterocycles. The summed E-state index contributed by atoms with van der Waals surface area (Å²) in [5, 5.41) is 0. The molecule has 0 heterocycles. The Hall–Kier alpha value is -0.0800. The summed E-state index contributed by atoms with van der Waals surface area (Å²) in [7, 11) is 0. The van der Waals surface area contributed by atoms with E-state index in [9.17, 15) is 0 Å². The van der Waals surface area contributed by atoms with Crippen LogP contribution in [0.1, 0.15) is 67.2 Å². The molecule has 2 N–H and O–H groups in total. The average molecular weight is 256 g/mol. The molecule has 18 heavy (non-hydrogen) atoms. The minimum Gasteiger partial charge on any atom is -0.324 e. The van der Waals surface area contributed by atoms with Crippen molar-refractivity contribution in [2.45, 2.75) is 72.8 Å². The summed E-state index contributed by atoms with van der Waals surface area (Å²) in [6, 6.07) is 0. The standard InChI is InChI=1S/C16H36N2/c1-7-16(17,8-2)13-18(11-9-14(3)4)12-10-15(5)6/h14-15H,7-13,17H2,1-6H3. The fraction of sp³-hybridized carbons (Fsp3) is 1.00. The molecule has 110 valence electrons. The Morgan fingerprint density at radius 1 is 0.889 bits per heavy atom. The lowest BCUT2D eigenvalue weighted by Crippen LogP contribution is -2.50. The molecular formula is C16H36N2. The Balaban J connectivity index is 4.35. The number of rotatable bonds is 10. The van der Waals surface area contributed by atoms with Crippen LogP contribution in [0.5, 0.6) is 0 Å². The van der Waals surface area contributed by atoms with Crippen LogP contribution in [0.3, 0.4) is 0 Å². The highest BCUT2D eigenvalue weighted by molar-refractivity contribution is 4.85. The molecule has 0 bridgehead atoms. The zero-order valence-electron chi connectivity index (χ0n) is 13.6. The second kappa shape index (κ2) is 8.92. The Labute approximate surface area is 115 Å². The molecule has 0 rings (SSSR count). The van der Waals surface area contributed by atoms with Gasteiger partial charge in [-0.1, -0.05) is 41.5 Å². The Morgan fingerprint density at radius 3 is 1.56 bits per heavy atom. The van der Waals surface area contributed by atoms with Crippen molar-refractivity contribution in [2.24, 2.45) is 17.6 Å². The summed E-state index contributed by atoms with van der Waals surface area (Å²) < 4.78 is 0. The van der Waals surface area contributed by atoms with E-state index >= 15 is 0 Å². The third-order valence-corrected chi connectivity index (χ3v) is 3.99. The largest absolute Gasteiger partial charge is 0.324 e. The molecule has 0 aromatic carbocycles. The maximum atomic E-state index is 6.47. The molecule has 0 fully saturated rings. The van der Waals surface area contributed by atoms with Crippen LogP contribution in [0.15, 0.2) is 0 Å². The lowest BCUT2D eigenvalue weighted by molar-refractivity contribution is 0.182. The third kappa shape index (κ3) is 8.10. The molecule has 0 aromatic rings. The Morgan fingerprint density at radius 2 is 1.28 bits per heavy atom. The number of hydrogen-bond acceptors (Lipinski definition) is 2. The summed E-state index contributed by atoms with van der Waals surface area (Å²) in [5.74, 6) is 1.56. The first kappa shape index (κ1) is 17.9. The van der Waals surface area contributed by atoms with Gasteiger partial charge in [-0.25, -0.2) is 0 Å². The van der Waals surface area contributed by atoms with E-state index in [4.69, 9.17) is 5.73 Å². The van der Waals surface area contributed by atoms with Crippen LogP contribution in [-0.2, 0) is 0 Å². The van der Waals surface area contributed by atoms with E-state index in [0.29, 0.717) is 0 Å². The van der Waals surface area contributed by atoms with Crippen molar-refractivity contribution >= 4 is 0 Å². The zero-order valence-corrected chi connectivity index (χ0v) is 13.6. The van der Waals surface area contributed by atoms with Gasteiger partial charge >= 0.3 is 0 Å². The van der Waals surface area contributed by atoms with E-state index in [1.165, 1.54) is 25.9 Å². The van der Waals surface area contributed by atoms with Crippen molar-refractivity contribution in [2.75, 3.05) is 19.6 Å². The van der Waals surface area contributed by atoms with E-state index in [-0.39, 0.29) is 5.54 Å². The molecule has 0 aliphatic carbocycles. The van der Waals surface area contributed by atoms with Crippen molar-refractivity contribution in [1.29, 1.82) is 0 Å². The maximum absolute atomic E-state index is 6.47. The normalized spacial score (nSPS) is 13.0. The quantitative estimate of drug-likeness (QED) is 0.642. The van der Waals surface area contributed by atoms with Crippen molar-refractivity contribution in [3.63, 3.8) is 0 Å². The van der Waals surface area contributed by atoms with Gasteiger partial charge in [-0.15, -0.1) is 0 Å². The van der Waals surface area contributed by atoms with Gasteiger partial charge in [0, 0.05) is 12.1 Å². The molecule has 0 atom stereocenters. The first-order chi connectivity index (χ1) is 8.33. The van der Waals surface area contributed by atoms with Crippen LogP contribution >= 0.6 is 0 Å². The first-order valence-corrected chi connectivity index (χ1v) is 7.84. The van der Waals surface area contributed by atoms with Gasteiger partial charge < -0.3 is 10.6 Å². The van der Waals surface area contributed by atoms with Gasteiger partial charge in [-0.3, -0.25) is 0 Å². The minimum absolute atomic E-state index is 0.00790. The minimum atomic E-state index is 0.00790. The second-order valence-corrected chi connectivity index (χ2v) is 6.71. The molecule has 2 nitrogen and oxygen atoms in total. The number of hydrogen-bond donors (Lipinski definition) is 1. The van der Waals surface area contributed by atoms with Gasteiger partial charge in [-0.05, 0) is 50.6 Å². The zero-order chi connectivity index (χ0) is 14.2. The topological polar surface area (TPSA) is 29.3 Å². The second-order valence-electron chi connectivity index (χ2n) is 6.71. The van der Waals surface area contributed by atoms with Crippen LogP contribution < -0.4 is 5.73 Å². The molecule has 0 radical (unpaired) electrons. The molecule has 0 unspecified atom stereocenters. The lowest BCUT2D eigenvalue weighted by atomic mass is 9.93. The monoisotopic (exact) mass is 256 g/mol. The molecule has 0 saturated carbocycles. The highest BCUT2D eigenvalue weighted by Crippen LogP contribution is 2.15. The summed E-state index contributed by atoms with van der Waals surface area (Å²) in [6.07, 6.45) is 4.70. The molecule has 0 aromatic heterocycles. The third-order valence-electron chi connectivity index (χ3n) is 3.99. The highest BCUT2D eigenvalue weighted by atomic mass is 15.1. The molecule has 0 aliphatic rings. The maximum Gasteiger partial charge on any atom is 0.0278 e. The van der Waals surface area contributed by atoms with Gasteiger partial charge in [0.1, 0.15) is 0 Å². The van der Waals surface area contributed by atoms with Crippen molar-refractivity contribution < 1.29 is 0 Å². The molecule has 0 amide bonds. The summed E-state index contributed by atoms with van der Waals surface area (Å²) in [4.78, 5) is 2.59. The van der Waals surface area contributed by atoms with Gasteiger partial charge in [-0.2, -0.15) is 0 Å². The van der Waals surface area contributed by atoms with Crippen molar-refractivity contribution in [3.05, 3.63) is 0 Å². The van der Waals surface area contributed by atoms with Crippen LogP contribution in [0.2, 0.25) is 0 Å². The summed E-state index contributed by atoms with van der Waals surface area (Å²) in [5.41, 5.74) is 6.48. The van der Waals surface area contributed by atoms with Crippen molar-refractivity contribution in [3.8, 4) is 0 Å². The van der Waals surface area contributed by atoms with Gasteiger partial charge in [0.2, 0.25) is 0 Å². The Bertz CT molecular complexity index is 183. The summed E-state index contributed by atoms with van der Waals surface area (Å²) >= 11 is 0. The fourth-order valence-electron chi connectivity index (χ4n) is 2.07. The van der Waals surface area contributed by atoms with E-state index in [0.717, 1.165) is 31.2 Å². The SMILES string of the molecule is CCC(N)(CC)CN(CCC(C)C)CCC(C)C. The van der Waals surface area contributed by atoms with Gasteiger partial charge in [0.05, 0.1) is 0 Å². The molecule has 0 spiro atoms. The molecule has 0 saturated heterocycles. The van der Waals surface area contributed by atoms with Crippen molar-refractivity contribution in [1.82, 2.24) is 4.90 Å². The van der Waals surface area contributed by atoms with Crippen LogP contribution in [-0.4, -0.2) is 30.1 Å². The molecular weight excluding hydrogens is 220 g/mol. The van der Waals surface area contributed by atoms with E-state index in [1.807, 2.05) is 0 Å². The Kier molecular flexibility index (Phi) is 8.89. The van der Waals surface area contributed by atoms with Crippen LogP contribution in [0.4, 0.5) is 0 Å². The number of nitrogens with zero attached hydrogens (tertiary/aromatic N) is 1. The lowest BCUT2D eigenvalue weighted by Gasteiger charge is -2.35. The summed E-state index contributed by atoms with van der Waals surface area (Å²) in [6.45, 7) is 17.1. The van der Waals surface area contributed by atoms with Crippen LogP contribution in [0.25, 0.3) is 0 Å². The van der Waals surface area contributed by atoms with Gasteiger partial charge in [0.15, 0.2) is 0 Å². The smallest absolute Gasteiger partial charge is 0.0278 e. The van der Waals surface area contributed by atoms with Gasteiger partial charge in [0.25, 0.3) is 0 Å². The van der Waals surface area contributed by atoms with E-state index in [1.54, 1.807) is 0 Å². The first-order valence-electron chi connectivity index (χ1n) is 7.84. The predicted molar refractivity (Wildman–Crippen MR) is 82.9 cm³/mol. The van der Waals surface area contributed by atoms with E-state index < -0.39 is 0 Å². The predicted octanol–water partition coefficient (Wildman–Crippen LogP) is 3.90.